The van der Waals surface area contributed by atoms with Crippen molar-refractivity contribution < 1.29 is 22.8 Å². The lowest BCUT2D eigenvalue weighted by atomic mass is 9.84. The Bertz CT molecular complexity index is 391. The third kappa shape index (κ3) is 4.59. The van der Waals surface area contributed by atoms with Gasteiger partial charge in [0.1, 0.15) is 13.1 Å². The molecular weight excluding hydrogens is 287 g/mol. The van der Waals surface area contributed by atoms with E-state index < -0.39 is 36.5 Å². The quantitative estimate of drug-likeness (QED) is 0.823. The van der Waals surface area contributed by atoms with E-state index in [1.54, 1.807) is 0 Å². The minimum Gasteiger partial charge on any atom is -0.347 e. The molecule has 0 radical (unpaired) electrons. The van der Waals surface area contributed by atoms with Crippen LogP contribution in [0.3, 0.4) is 0 Å². The van der Waals surface area contributed by atoms with Crippen LogP contribution < -0.4 is 5.73 Å². The molecule has 0 aromatic carbocycles. The second-order valence-electron chi connectivity index (χ2n) is 5.76. The molecular formula is C13H22F3N3O2. The molecule has 0 bridgehead atoms. The number of carbonyl (C=O) groups excluding carboxylic acids is 2. The zero-order chi connectivity index (χ0) is 16.3. The van der Waals surface area contributed by atoms with Crippen LogP contribution in [-0.2, 0) is 9.59 Å². The average molecular weight is 309 g/mol. The monoisotopic (exact) mass is 309 g/mol. The van der Waals surface area contributed by atoms with Crippen LogP contribution in [0.2, 0.25) is 0 Å². The number of hydrogen-bond donors (Lipinski definition) is 1. The maximum atomic E-state index is 12.7. The maximum absolute atomic E-state index is 12.7. The Morgan fingerprint density at radius 3 is 2.10 bits per heavy atom. The molecule has 1 aliphatic rings. The fourth-order valence-corrected chi connectivity index (χ4v) is 2.61. The van der Waals surface area contributed by atoms with E-state index in [2.05, 4.69) is 0 Å². The minimum atomic E-state index is -4.54. The smallest absolute Gasteiger partial charge is 0.347 e. The summed E-state index contributed by atoms with van der Waals surface area (Å²) in [7, 11) is 2.87. The molecule has 2 amide bonds. The van der Waals surface area contributed by atoms with Gasteiger partial charge in [0.05, 0.1) is 5.41 Å². The number of likely N-dealkylation sites (N-methyl/N-ethyl adjacent to an activating group) is 1. The third-order valence-electron chi connectivity index (χ3n) is 3.89. The molecule has 21 heavy (non-hydrogen) atoms. The van der Waals surface area contributed by atoms with Crippen molar-refractivity contribution in [2.24, 2.45) is 11.1 Å². The van der Waals surface area contributed by atoms with Crippen LogP contribution in [0.4, 0.5) is 13.2 Å². The molecule has 2 N–H and O–H groups in total. The van der Waals surface area contributed by atoms with Crippen LogP contribution in [0.25, 0.3) is 0 Å². The summed E-state index contributed by atoms with van der Waals surface area (Å²) in [6, 6.07) is 0. The number of carbonyl (C=O) groups is 2. The van der Waals surface area contributed by atoms with Gasteiger partial charge in [-0.05, 0) is 12.8 Å². The van der Waals surface area contributed by atoms with Gasteiger partial charge in [-0.1, -0.05) is 12.8 Å². The molecule has 122 valence electrons. The molecule has 0 aliphatic heterocycles. The van der Waals surface area contributed by atoms with E-state index in [1.165, 1.54) is 19.0 Å². The van der Waals surface area contributed by atoms with Crippen molar-refractivity contribution in [1.82, 2.24) is 9.80 Å². The Hall–Kier alpha value is -1.31. The van der Waals surface area contributed by atoms with Crippen LogP contribution in [0.5, 0.6) is 0 Å². The lowest BCUT2D eigenvalue weighted by Gasteiger charge is -2.34. The van der Waals surface area contributed by atoms with Gasteiger partial charge in [-0.25, -0.2) is 0 Å². The number of hydrogen-bond acceptors (Lipinski definition) is 3. The molecule has 8 heteroatoms. The van der Waals surface area contributed by atoms with E-state index >= 15 is 0 Å². The molecule has 0 aromatic rings. The molecule has 1 aliphatic carbocycles. The molecule has 0 unspecified atom stereocenters. The highest BCUT2D eigenvalue weighted by atomic mass is 19.4. The fourth-order valence-electron chi connectivity index (χ4n) is 2.61. The van der Waals surface area contributed by atoms with Gasteiger partial charge >= 0.3 is 6.18 Å². The first kappa shape index (κ1) is 17.7. The molecule has 0 saturated heterocycles. The number of nitrogens with zero attached hydrogens (tertiary/aromatic N) is 2. The van der Waals surface area contributed by atoms with Crippen LogP contribution in [0.1, 0.15) is 25.7 Å². The van der Waals surface area contributed by atoms with Gasteiger partial charge in [-0.3, -0.25) is 9.59 Å². The Morgan fingerprint density at radius 1 is 1.19 bits per heavy atom. The highest BCUT2D eigenvalue weighted by molar-refractivity contribution is 5.88. The van der Waals surface area contributed by atoms with Crippen LogP contribution in [-0.4, -0.2) is 61.5 Å². The van der Waals surface area contributed by atoms with E-state index in [4.69, 9.17) is 5.73 Å². The summed E-state index contributed by atoms with van der Waals surface area (Å²) in [5, 5.41) is 0. The van der Waals surface area contributed by atoms with Gasteiger partial charge in [0, 0.05) is 20.6 Å². The van der Waals surface area contributed by atoms with Crippen LogP contribution in [0, 0.1) is 5.41 Å². The van der Waals surface area contributed by atoms with E-state index in [1.807, 2.05) is 0 Å². The summed E-state index contributed by atoms with van der Waals surface area (Å²) in [5.74, 6) is -1.20. The van der Waals surface area contributed by atoms with Gasteiger partial charge in [0.2, 0.25) is 11.8 Å². The fraction of sp³-hybridized carbons (Fsp3) is 0.846. The van der Waals surface area contributed by atoms with Crippen molar-refractivity contribution in [2.75, 3.05) is 33.7 Å². The molecule has 1 rings (SSSR count). The minimum absolute atomic E-state index is 0.0103. The summed E-state index contributed by atoms with van der Waals surface area (Å²) in [6.07, 6.45) is -2.05. The summed E-state index contributed by atoms with van der Waals surface area (Å²) in [4.78, 5) is 26.0. The van der Waals surface area contributed by atoms with Crippen LogP contribution >= 0.6 is 0 Å². The first-order chi connectivity index (χ1) is 9.61. The van der Waals surface area contributed by atoms with Crippen LogP contribution in [0.15, 0.2) is 0 Å². The maximum Gasteiger partial charge on any atom is 0.406 e. The summed E-state index contributed by atoms with van der Waals surface area (Å²) in [6.45, 7) is -1.99. The number of rotatable bonds is 5. The Kier molecular flexibility index (Phi) is 5.61. The van der Waals surface area contributed by atoms with Gasteiger partial charge < -0.3 is 15.5 Å². The third-order valence-corrected chi connectivity index (χ3v) is 3.89. The SMILES string of the molecule is CN(C)C(=O)CN(CC(F)(F)F)C(=O)C1(CN)CCCC1. The molecule has 5 nitrogen and oxygen atoms in total. The second kappa shape index (κ2) is 6.64. The number of halogens is 3. The lowest BCUT2D eigenvalue weighted by molar-refractivity contribution is -0.169. The summed E-state index contributed by atoms with van der Waals surface area (Å²) < 4.78 is 38.0. The molecule has 1 saturated carbocycles. The van der Waals surface area contributed by atoms with E-state index in [0.717, 1.165) is 12.8 Å². The van der Waals surface area contributed by atoms with Crippen molar-refractivity contribution in [3.63, 3.8) is 0 Å². The van der Waals surface area contributed by atoms with Crippen molar-refractivity contribution in [3.8, 4) is 0 Å². The standard InChI is InChI=1S/C13H22F3N3O2/c1-18(2)10(20)7-19(9-13(14,15)16)11(21)12(8-17)5-3-4-6-12/h3-9,17H2,1-2H3. The largest absolute Gasteiger partial charge is 0.406 e. The second-order valence-corrected chi connectivity index (χ2v) is 5.76. The molecule has 0 spiro atoms. The zero-order valence-electron chi connectivity index (χ0n) is 12.4. The van der Waals surface area contributed by atoms with Gasteiger partial charge in [-0.2, -0.15) is 13.2 Å². The highest BCUT2D eigenvalue weighted by Crippen LogP contribution is 2.39. The Balaban J connectivity index is 2.94. The lowest BCUT2D eigenvalue weighted by Crippen LogP contribution is -2.52. The van der Waals surface area contributed by atoms with Crippen molar-refractivity contribution >= 4 is 11.8 Å². The molecule has 0 atom stereocenters. The van der Waals surface area contributed by atoms with Gasteiger partial charge in [0.25, 0.3) is 0 Å². The Labute approximate surface area is 122 Å². The number of alkyl halides is 3. The van der Waals surface area contributed by atoms with Crippen molar-refractivity contribution in [3.05, 3.63) is 0 Å². The number of nitrogens with two attached hydrogens (primary N) is 1. The molecule has 0 heterocycles. The summed E-state index contributed by atoms with van der Waals surface area (Å²) in [5.41, 5.74) is 4.69. The van der Waals surface area contributed by atoms with E-state index in [-0.39, 0.29) is 6.54 Å². The van der Waals surface area contributed by atoms with Gasteiger partial charge in [0.15, 0.2) is 0 Å². The Morgan fingerprint density at radius 2 is 1.71 bits per heavy atom. The van der Waals surface area contributed by atoms with E-state index in [0.29, 0.717) is 17.7 Å². The number of amides is 2. The highest BCUT2D eigenvalue weighted by Gasteiger charge is 2.45. The first-order valence-corrected chi connectivity index (χ1v) is 6.88. The first-order valence-electron chi connectivity index (χ1n) is 6.88. The van der Waals surface area contributed by atoms with Gasteiger partial charge in [-0.15, -0.1) is 0 Å². The van der Waals surface area contributed by atoms with Crippen molar-refractivity contribution in [1.29, 1.82) is 0 Å². The molecule has 1 fully saturated rings. The molecule has 0 aromatic heterocycles. The predicted octanol–water partition coefficient (Wildman–Crippen LogP) is 0.985. The summed E-state index contributed by atoms with van der Waals surface area (Å²) >= 11 is 0. The average Bonchev–Trinajstić information content (AvgIpc) is 2.85. The predicted molar refractivity (Wildman–Crippen MR) is 71.3 cm³/mol. The zero-order valence-corrected chi connectivity index (χ0v) is 12.4. The normalized spacial score (nSPS) is 17.6. The topological polar surface area (TPSA) is 66.6 Å². The van der Waals surface area contributed by atoms with E-state index in [9.17, 15) is 22.8 Å². The van der Waals surface area contributed by atoms with Crippen molar-refractivity contribution in [2.45, 2.75) is 31.9 Å².